The maximum Gasteiger partial charge on any atom is 0.248 e. The highest BCUT2D eigenvalue weighted by molar-refractivity contribution is 5.94. The number of amides is 1. The Balaban J connectivity index is 1.46. The molecule has 2 aromatic carbocycles. The van der Waals surface area contributed by atoms with Gasteiger partial charge in [0.05, 0.1) is 5.57 Å². The van der Waals surface area contributed by atoms with E-state index < -0.39 is 17.5 Å². The molecule has 0 saturated carbocycles. The summed E-state index contributed by atoms with van der Waals surface area (Å²) in [5, 5.41) is 13.0. The lowest BCUT2D eigenvalue weighted by Gasteiger charge is -2.37. The predicted octanol–water partition coefficient (Wildman–Crippen LogP) is 2.54. The number of nitrogens with two attached hydrogens (primary N) is 1. The van der Waals surface area contributed by atoms with Crippen LogP contribution in [0.5, 0.6) is 0 Å². The number of benzene rings is 2. The quantitative estimate of drug-likeness (QED) is 0.429. The second-order valence-corrected chi connectivity index (χ2v) is 8.80. The van der Waals surface area contributed by atoms with Gasteiger partial charge in [-0.2, -0.15) is 0 Å². The first kappa shape index (κ1) is 23.6. The van der Waals surface area contributed by atoms with Crippen molar-refractivity contribution < 1.29 is 13.6 Å². The van der Waals surface area contributed by atoms with Crippen molar-refractivity contribution in [3.05, 3.63) is 82.8 Å². The second kappa shape index (κ2) is 10.1. The Kier molecular flexibility index (Phi) is 7.02. The summed E-state index contributed by atoms with van der Waals surface area (Å²) >= 11 is 0. The molecule has 0 radical (unpaired) electrons. The zero-order valence-corrected chi connectivity index (χ0v) is 19.3. The van der Waals surface area contributed by atoms with Gasteiger partial charge >= 0.3 is 0 Å². The molecule has 1 fully saturated rings. The van der Waals surface area contributed by atoms with Crippen molar-refractivity contribution in [3.8, 4) is 0 Å². The fourth-order valence-corrected chi connectivity index (χ4v) is 4.34. The molecule has 1 amide bonds. The number of carbonyl (C=O) groups is 1. The molecule has 4 rings (SSSR count). The number of rotatable bonds is 7. The van der Waals surface area contributed by atoms with Gasteiger partial charge in [-0.25, -0.2) is 8.78 Å². The van der Waals surface area contributed by atoms with Crippen molar-refractivity contribution >= 4 is 17.3 Å². The third kappa shape index (κ3) is 5.66. The summed E-state index contributed by atoms with van der Waals surface area (Å²) in [5.41, 5.74) is 8.49. The molecule has 2 atom stereocenters. The van der Waals surface area contributed by atoms with Crippen LogP contribution < -0.4 is 31.9 Å². The third-order valence-corrected chi connectivity index (χ3v) is 5.91. The number of hydrogen-bond donors (Lipinski definition) is 5. The number of allylic oxidation sites excluding steroid dienone is 1. The summed E-state index contributed by atoms with van der Waals surface area (Å²) in [6, 6.07) is 12.3. The molecule has 1 unspecified atom stereocenters. The summed E-state index contributed by atoms with van der Waals surface area (Å²) < 4.78 is 27.5. The van der Waals surface area contributed by atoms with E-state index >= 15 is 0 Å². The molecule has 2 aromatic rings. The van der Waals surface area contributed by atoms with Crippen LogP contribution in [-0.2, 0) is 11.3 Å². The normalized spacial score (nSPS) is 20.5. The van der Waals surface area contributed by atoms with E-state index in [0.29, 0.717) is 29.2 Å². The lowest BCUT2D eigenvalue weighted by Crippen LogP contribution is -2.54. The molecule has 1 saturated heterocycles. The summed E-state index contributed by atoms with van der Waals surface area (Å²) in [6.45, 7) is 6.48. The lowest BCUT2D eigenvalue weighted by atomic mass is 10.1. The average Bonchev–Trinajstić information content (AvgIpc) is 2.79. The molecule has 0 spiro atoms. The Hall–Kier alpha value is -3.59. The van der Waals surface area contributed by atoms with Crippen molar-refractivity contribution in [3.63, 3.8) is 0 Å². The number of nitrogens with zero attached hydrogens (tertiary/aromatic N) is 1. The summed E-state index contributed by atoms with van der Waals surface area (Å²) in [6.07, 6.45) is 1.70. The minimum absolute atomic E-state index is 0.00964. The summed E-state index contributed by atoms with van der Waals surface area (Å²) in [5.74, 6) is -0.989. The Morgan fingerprint density at radius 1 is 1.12 bits per heavy atom. The molecule has 180 valence electrons. The van der Waals surface area contributed by atoms with Crippen LogP contribution in [0.1, 0.15) is 19.4 Å². The number of halogens is 2. The zero-order valence-electron chi connectivity index (χ0n) is 19.3. The largest absolute Gasteiger partial charge is 0.380 e. The maximum atomic E-state index is 14.0. The molecule has 2 heterocycles. The first-order chi connectivity index (χ1) is 16.3. The van der Waals surface area contributed by atoms with Crippen LogP contribution in [0.4, 0.5) is 20.2 Å². The fourth-order valence-electron chi connectivity index (χ4n) is 4.34. The van der Waals surface area contributed by atoms with Crippen LogP contribution in [0.2, 0.25) is 0 Å². The lowest BCUT2D eigenvalue weighted by molar-refractivity contribution is -0.114. The zero-order chi connectivity index (χ0) is 24.2. The molecule has 7 nitrogen and oxygen atoms in total. The first-order valence-electron chi connectivity index (χ1n) is 11.3. The van der Waals surface area contributed by atoms with Gasteiger partial charge in [-0.15, -0.1) is 0 Å². The molecule has 0 aliphatic carbocycles. The van der Waals surface area contributed by atoms with E-state index in [9.17, 15) is 13.6 Å². The molecule has 6 N–H and O–H groups in total. The van der Waals surface area contributed by atoms with Crippen molar-refractivity contribution in [2.24, 2.45) is 5.73 Å². The minimum Gasteiger partial charge on any atom is -0.380 e. The molecule has 2 aliphatic heterocycles. The number of primary amides is 1. The van der Waals surface area contributed by atoms with Gasteiger partial charge < -0.3 is 31.9 Å². The Morgan fingerprint density at radius 2 is 1.82 bits per heavy atom. The average molecular weight is 469 g/mol. The Labute approximate surface area is 198 Å². The number of piperazine rings is 1. The van der Waals surface area contributed by atoms with Gasteiger partial charge in [0.15, 0.2) is 0 Å². The standard InChI is InChI=1S/C25H30F2N6O/c1-15-13-33(14-16(2)31-15)20-6-4-19(5-7-20)32-24-10-23(21(12-30-24)25(28)34)29-11-17-9-18(26)3-8-22(17)27/h3-10,15-16,29-32H,11-14H2,1-2H3,(H2,28,34)/t15-,16?/m0/s1. The molecule has 9 heteroatoms. The number of carbonyl (C=O) groups excluding carboxylic acids is 1. The van der Waals surface area contributed by atoms with Crippen molar-refractivity contribution in [2.75, 3.05) is 29.9 Å². The monoisotopic (exact) mass is 468 g/mol. The fraction of sp³-hybridized carbons (Fsp3) is 0.320. The van der Waals surface area contributed by atoms with Gasteiger partial charge in [-0.05, 0) is 56.3 Å². The number of nitrogens with one attached hydrogen (secondary N) is 4. The summed E-state index contributed by atoms with van der Waals surface area (Å²) in [7, 11) is 0. The number of hydrogen-bond acceptors (Lipinski definition) is 6. The van der Waals surface area contributed by atoms with E-state index in [1.54, 1.807) is 6.08 Å². The molecule has 34 heavy (non-hydrogen) atoms. The van der Waals surface area contributed by atoms with E-state index in [1.807, 2.05) is 12.1 Å². The predicted molar refractivity (Wildman–Crippen MR) is 130 cm³/mol. The van der Waals surface area contributed by atoms with Crippen molar-refractivity contribution in [1.29, 1.82) is 0 Å². The second-order valence-electron chi connectivity index (χ2n) is 8.80. The van der Waals surface area contributed by atoms with Crippen LogP contribution in [0.15, 0.2) is 65.6 Å². The number of anilines is 2. The van der Waals surface area contributed by atoms with Gasteiger partial charge in [0.1, 0.15) is 17.5 Å². The molecular formula is C25H30F2N6O. The maximum absolute atomic E-state index is 14.0. The summed E-state index contributed by atoms with van der Waals surface area (Å²) in [4.78, 5) is 14.3. The van der Waals surface area contributed by atoms with E-state index in [0.717, 1.165) is 42.7 Å². The van der Waals surface area contributed by atoms with E-state index in [2.05, 4.69) is 52.1 Å². The smallest absolute Gasteiger partial charge is 0.248 e. The van der Waals surface area contributed by atoms with Gasteiger partial charge in [0.2, 0.25) is 5.91 Å². The van der Waals surface area contributed by atoms with Crippen LogP contribution in [-0.4, -0.2) is 37.6 Å². The van der Waals surface area contributed by atoms with Gasteiger partial charge in [0, 0.05) is 67.0 Å². The first-order valence-corrected chi connectivity index (χ1v) is 11.3. The van der Waals surface area contributed by atoms with Crippen LogP contribution in [0.3, 0.4) is 0 Å². The van der Waals surface area contributed by atoms with E-state index in [1.165, 1.54) is 0 Å². The Bertz CT molecular complexity index is 1100. The third-order valence-electron chi connectivity index (χ3n) is 5.91. The topological polar surface area (TPSA) is 94.4 Å². The number of dihydropyridines is 1. The Morgan fingerprint density at radius 3 is 2.50 bits per heavy atom. The highest BCUT2D eigenvalue weighted by atomic mass is 19.1. The SMILES string of the molecule is CC1CN(c2ccc(NC3=CC(NCc4cc(F)ccc4F)=C(C(N)=O)CN3)cc2)C[C@H](C)N1. The van der Waals surface area contributed by atoms with Crippen molar-refractivity contribution in [1.82, 2.24) is 16.0 Å². The molecular weight excluding hydrogens is 438 g/mol. The van der Waals surface area contributed by atoms with Crippen LogP contribution in [0.25, 0.3) is 0 Å². The highest BCUT2D eigenvalue weighted by Crippen LogP contribution is 2.22. The van der Waals surface area contributed by atoms with Crippen LogP contribution in [0, 0.1) is 11.6 Å². The van der Waals surface area contributed by atoms with E-state index in [-0.39, 0.29) is 18.7 Å². The molecule has 2 aliphatic rings. The molecule has 0 aromatic heterocycles. The van der Waals surface area contributed by atoms with Crippen molar-refractivity contribution in [2.45, 2.75) is 32.5 Å². The van der Waals surface area contributed by atoms with Gasteiger partial charge in [-0.1, -0.05) is 0 Å². The van der Waals surface area contributed by atoms with Gasteiger partial charge in [-0.3, -0.25) is 4.79 Å². The van der Waals surface area contributed by atoms with Gasteiger partial charge in [0.25, 0.3) is 0 Å². The van der Waals surface area contributed by atoms with E-state index in [4.69, 9.17) is 5.73 Å². The minimum atomic E-state index is -0.589. The van der Waals surface area contributed by atoms with Crippen LogP contribution >= 0.6 is 0 Å². The molecule has 0 bridgehead atoms. The highest BCUT2D eigenvalue weighted by Gasteiger charge is 2.21.